The van der Waals surface area contributed by atoms with Gasteiger partial charge in [-0.2, -0.15) is 0 Å². The number of amides is 2. The lowest BCUT2D eigenvalue weighted by Gasteiger charge is -2.36. The summed E-state index contributed by atoms with van der Waals surface area (Å²) in [7, 11) is 2.94. The quantitative estimate of drug-likeness (QED) is 0.406. The number of carbonyl (C=O) groups is 3. The SMILES string of the molecule is COc1cc(OC)cc(N2C(=O)[C@H]3[C@@H]4C(=C(N)S[C@H]3C2=O)C(=O)Oc2cc(O)ccc24)c1. The molecule has 3 aliphatic heterocycles. The standard InChI is InChI=1S/C22H18N2O7S/c1-29-11-5-9(6-12(8-11)30-2)24-20(26)16-15-13-4-3-10(25)7-14(13)31-22(28)17(15)19(23)32-18(16)21(24)27/h3-8,15-16,18,25H,23H2,1-2H3/t15-,16+,18-/m1/s1. The zero-order valence-electron chi connectivity index (χ0n) is 17.0. The van der Waals surface area contributed by atoms with Crippen LogP contribution in [0.2, 0.25) is 0 Å². The van der Waals surface area contributed by atoms with Crippen molar-refractivity contribution < 1.29 is 33.7 Å². The summed E-state index contributed by atoms with van der Waals surface area (Å²) >= 11 is 0.987. The number of aromatic hydroxyl groups is 1. The Morgan fingerprint density at radius 2 is 1.72 bits per heavy atom. The molecule has 5 rings (SSSR count). The topological polar surface area (TPSA) is 128 Å². The van der Waals surface area contributed by atoms with Gasteiger partial charge in [0.2, 0.25) is 11.8 Å². The van der Waals surface area contributed by atoms with Gasteiger partial charge in [0, 0.05) is 35.7 Å². The molecule has 3 aliphatic rings. The first kappa shape index (κ1) is 20.3. The monoisotopic (exact) mass is 454 g/mol. The van der Waals surface area contributed by atoms with Crippen molar-refractivity contribution in [2.24, 2.45) is 11.7 Å². The molecular formula is C22H18N2O7S. The summed E-state index contributed by atoms with van der Waals surface area (Å²) in [6, 6.07) is 9.10. The second-order valence-electron chi connectivity index (χ2n) is 7.51. The predicted octanol–water partition coefficient (Wildman–Crippen LogP) is 1.89. The van der Waals surface area contributed by atoms with Crippen molar-refractivity contribution in [3.05, 3.63) is 52.6 Å². The maximum absolute atomic E-state index is 13.6. The van der Waals surface area contributed by atoms with Gasteiger partial charge in [-0.05, 0) is 6.07 Å². The average molecular weight is 454 g/mol. The minimum absolute atomic E-state index is 0.0855. The van der Waals surface area contributed by atoms with Gasteiger partial charge in [-0.15, -0.1) is 0 Å². The second-order valence-corrected chi connectivity index (χ2v) is 8.70. The Labute approximate surface area is 186 Å². The summed E-state index contributed by atoms with van der Waals surface area (Å²) in [5.41, 5.74) is 7.15. The Morgan fingerprint density at radius 3 is 2.38 bits per heavy atom. The molecule has 0 radical (unpaired) electrons. The number of nitrogens with two attached hydrogens (primary N) is 1. The van der Waals surface area contributed by atoms with Crippen LogP contribution in [0, 0.1) is 5.92 Å². The van der Waals surface area contributed by atoms with Crippen molar-refractivity contribution in [3.8, 4) is 23.0 Å². The molecular weight excluding hydrogens is 436 g/mol. The highest BCUT2D eigenvalue weighted by Gasteiger charge is 2.58. The zero-order valence-corrected chi connectivity index (χ0v) is 17.8. The maximum Gasteiger partial charge on any atom is 0.342 e. The first-order valence-corrected chi connectivity index (χ1v) is 10.5. The molecule has 2 amide bonds. The molecule has 3 atom stereocenters. The van der Waals surface area contributed by atoms with Crippen molar-refractivity contribution in [1.82, 2.24) is 0 Å². The number of thioether (sulfide) groups is 1. The molecule has 32 heavy (non-hydrogen) atoms. The largest absolute Gasteiger partial charge is 0.508 e. The normalized spacial score (nSPS) is 24.0. The highest BCUT2D eigenvalue weighted by Crippen LogP contribution is 2.55. The number of phenols is 1. The number of carbonyl (C=O) groups excluding carboxylic acids is 3. The number of hydrogen-bond acceptors (Lipinski definition) is 9. The zero-order chi connectivity index (χ0) is 22.7. The number of imide groups is 1. The summed E-state index contributed by atoms with van der Waals surface area (Å²) in [5, 5.41) is 9.13. The van der Waals surface area contributed by atoms with Gasteiger partial charge >= 0.3 is 5.97 Å². The fraction of sp³-hybridized carbons (Fsp3) is 0.227. The number of esters is 1. The fourth-order valence-electron chi connectivity index (χ4n) is 4.42. The Morgan fingerprint density at radius 1 is 1.03 bits per heavy atom. The Kier molecular flexibility index (Phi) is 4.55. The van der Waals surface area contributed by atoms with E-state index >= 15 is 0 Å². The second kappa shape index (κ2) is 7.20. The lowest BCUT2D eigenvalue weighted by atomic mass is 9.77. The van der Waals surface area contributed by atoms with Gasteiger partial charge in [0.05, 0.1) is 36.4 Å². The van der Waals surface area contributed by atoms with Crippen LogP contribution in [0.1, 0.15) is 11.5 Å². The van der Waals surface area contributed by atoms with Crippen molar-refractivity contribution in [2.75, 3.05) is 19.1 Å². The van der Waals surface area contributed by atoms with Crippen LogP contribution in [0.4, 0.5) is 5.69 Å². The van der Waals surface area contributed by atoms with Crippen LogP contribution in [0.25, 0.3) is 0 Å². The first-order valence-electron chi connectivity index (χ1n) is 9.66. The highest BCUT2D eigenvalue weighted by atomic mass is 32.2. The van der Waals surface area contributed by atoms with Crippen LogP contribution in [0.15, 0.2) is 47.0 Å². The third-order valence-corrected chi connectivity index (χ3v) is 7.06. The van der Waals surface area contributed by atoms with Gasteiger partial charge in [-0.25, -0.2) is 9.69 Å². The third kappa shape index (κ3) is 2.83. The molecule has 3 N–H and O–H groups in total. The van der Waals surface area contributed by atoms with E-state index < -0.39 is 34.9 Å². The van der Waals surface area contributed by atoms with E-state index in [9.17, 15) is 19.5 Å². The lowest BCUT2D eigenvalue weighted by Crippen LogP contribution is -2.39. The number of phenolic OH excluding ortho intramolecular Hbond substituents is 1. The van der Waals surface area contributed by atoms with Crippen LogP contribution in [0.3, 0.4) is 0 Å². The van der Waals surface area contributed by atoms with E-state index in [1.165, 1.54) is 26.4 Å². The average Bonchev–Trinajstić information content (AvgIpc) is 3.02. The molecule has 2 aromatic rings. The van der Waals surface area contributed by atoms with Crippen LogP contribution < -0.4 is 24.8 Å². The molecule has 10 heteroatoms. The Hall–Kier alpha value is -3.66. The lowest BCUT2D eigenvalue weighted by molar-refractivity contribution is -0.131. The van der Waals surface area contributed by atoms with Gasteiger partial charge in [0.15, 0.2) is 0 Å². The van der Waals surface area contributed by atoms with E-state index in [4.69, 9.17) is 19.9 Å². The highest BCUT2D eigenvalue weighted by molar-refractivity contribution is 8.04. The molecule has 164 valence electrons. The van der Waals surface area contributed by atoms with Crippen LogP contribution in [-0.2, 0) is 14.4 Å². The van der Waals surface area contributed by atoms with E-state index in [0.717, 1.165) is 16.7 Å². The van der Waals surface area contributed by atoms with Crippen LogP contribution in [-0.4, -0.2) is 42.4 Å². The molecule has 3 heterocycles. The molecule has 0 unspecified atom stereocenters. The maximum atomic E-state index is 13.6. The summed E-state index contributed by atoms with van der Waals surface area (Å²) in [6.45, 7) is 0. The minimum Gasteiger partial charge on any atom is -0.508 e. The van der Waals surface area contributed by atoms with Crippen LogP contribution in [0.5, 0.6) is 23.0 Å². The Balaban J connectivity index is 1.64. The molecule has 0 spiro atoms. The molecule has 0 saturated carbocycles. The van der Waals surface area contributed by atoms with Crippen molar-refractivity contribution in [2.45, 2.75) is 11.2 Å². The number of ether oxygens (including phenoxy) is 3. The van der Waals surface area contributed by atoms with Gasteiger partial charge in [0.1, 0.15) is 28.2 Å². The number of anilines is 1. The van der Waals surface area contributed by atoms with E-state index in [-0.39, 0.29) is 22.1 Å². The molecule has 0 aliphatic carbocycles. The van der Waals surface area contributed by atoms with E-state index in [1.807, 2.05) is 0 Å². The summed E-state index contributed by atoms with van der Waals surface area (Å²) in [4.78, 5) is 40.8. The number of hydrogen-bond donors (Lipinski definition) is 2. The fourth-order valence-corrected chi connectivity index (χ4v) is 5.66. The van der Waals surface area contributed by atoms with E-state index in [1.54, 1.807) is 24.3 Å². The van der Waals surface area contributed by atoms with Crippen LogP contribution >= 0.6 is 11.8 Å². The van der Waals surface area contributed by atoms with Gasteiger partial charge in [0.25, 0.3) is 0 Å². The molecule has 1 fully saturated rings. The van der Waals surface area contributed by atoms with E-state index in [2.05, 4.69) is 0 Å². The first-order chi connectivity index (χ1) is 15.3. The molecule has 0 bridgehead atoms. The number of benzene rings is 2. The summed E-state index contributed by atoms with van der Waals surface area (Å²) in [6.07, 6.45) is 0. The third-order valence-electron chi connectivity index (χ3n) is 5.83. The van der Waals surface area contributed by atoms with Gasteiger partial charge < -0.3 is 25.1 Å². The minimum atomic E-state index is -0.872. The number of methoxy groups -OCH3 is 2. The molecule has 0 aromatic heterocycles. The summed E-state index contributed by atoms with van der Waals surface area (Å²) in [5.74, 6) is -2.35. The van der Waals surface area contributed by atoms with Gasteiger partial charge in [-0.3, -0.25) is 9.59 Å². The molecule has 9 nitrogen and oxygen atoms in total. The predicted molar refractivity (Wildman–Crippen MR) is 115 cm³/mol. The van der Waals surface area contributed by atoms with E-state index in [0.29, 0.717) is 22.7 Å². The Bertz CT molecular complexity index is 1200. The van der Waals surface area contributed by atoms with Crippen molar-refractivity contribution in [1.29, 1.82) is 0 Å². The van der Waals surface area contributed by atoms with Crippen molar-refractivity contribution >= 4 is 35.2 Å². The van der Waals surface area contributed by atoms with Gasteiger partial charge in [-0.1, -0.05) is 17.8 Å². The molecule has 2 aromatic carbocycles. The smallest absolute Gasteiger partial charge is 0.342 e. The number of fused-ring (bicyclic) bond motifs is 5. The molecule has 1 saturated heterocycles. The summed E-state index contributed by atoms with van der Waals surface area (Å²) < 4.78 is 15.9. The van der Waals surface area contributed by atoms with Crippen molar-refractivity contribution in [3.63, 3.8) is 0 Å². The number of nitrogens with zero attached hydrogens (tertiary/aromatic N) is 1. The number of rotatable bonds is 3.